The summed E-state index contributed by atoms with van der Waals surface area (Å²) in [4.78, 5) is 11.8. The molecule has 1 aromatic carbocycles. The topological polar surface area (TPSA) is 79.4 Å². The zero-order valence-electron chi connectivity index (χ0n) is 12.4. The number of ether oxygens (including phenoxy) is 2. The van der Waals surface area contributed by atoms with Crippen molar-refractivity contribution in [1.82, 2.24) is 9.78 Å². The number of anilines is 1. The second kappa shape index (κ2) is 6.30. The lowest BCUT2D eigenvalue weighted by Gasteiger charge is -2.07. The van der Waals surface area contributed by atoms with Gasteiger partial charge < -0.3 is 15.2 Å². The SMILES string of the molecule is COc1ccc(COC(=O)Cn2nc(C)c(N)c2C)cc1. The quantitative estimate of drug-likeness (QED) is 0.849. The molecule has 1 heterocycles. The van der Waals surface area contributed by atoms with Crippen molar-refractivity contribution in [2.45, 2.75) is 27.0 Å². The highest BCUT2D eigenvalue weighted by molar-refractivity contribution is 5.69. The van der Waals surface area contributed by atoms with E-state index in [2.05, 4.69) is 5.10 Å². The number of nitrogens with two attached hydrogens (primary N) is 1. The first-order valence-electron chi connectivity index (χ1n) is 6.59. The Morgan fingerprint density at radius 3 is 2.48 bits per heavy atom. The summed E-state index contributed by atoms with van der Waals surface area (Å²) in [6.07, 6.45) is 0. The van der Waals surface area contributed by atoms with E-state index in [1.54, 1.807) is 11.8 Å². The third-order valence-electron chi connectivity index (χ3n) is 3.28. The molecule has 0 bridgehead atoms. The van der Waals surface area contributed by atoms with E-state index in [0.29, 0.717) is 5.69 Å². The van der Waals surface area contributed by atoms with E-state index in [9.17, 15) is 4.79 Å². The second-order valence-corrected chi connectivity index (χ2v) is 4.75. The number of benzene rings is 1. The smallest absolute Gasteiger partial charge is 0.328 e. The fraction of sp³-hybridized carbons (Fsp3) is 0.333. The Morgan fingerprint density at radius 1 is 1.29 bits per heavy atom. The first-order chi connectivity index (χ1) is 10.0. The highest BCUT2D eigenvalue weighted by atomic mass is 16.5. The van der Waals surface area contributed by atoms with Crippen LogP contribution in [-0.2, 0) is 22.7 Å². The lowest BCUT2D eigenvalue weighted by atomic mass is 10.2. The van der Waals surface area contributed by atoms with Gasteiger partial charge in [0.15, 0.2) is 0 Å². The molecule has 0 amide bonds. The molecule has 1 aromatic heterocycles. The fourth-order valence-electron chi connectivity index (χ4n) is 1.92. The Bertz CT molecular complexity index is 632. The highest BCUT2D eigenvalue weighted by Crippen LogP contribution is 2.15. The number of carbonyl (C=O) groups is 1. The summed E-state index contributed by atoms with van der Waals surface area (Å²) < 4.78 is 11.9. The van der Waals surface area contributed by atoms with Crippen LogP contribution in [0.4, 0.5) is 5.69 Å². The van der Waals surface area contributed by atoms with Crippen LogP contribution in [-0.4, -0.2) is 22.9 Å². The maximum atomic E-state index is 11.8. The molecule has 0 spiro atoms. The number of rotatable bonds is 5. The van der Waals surface area contributed by atoms with E-state index in [-0.39, 0.29) is 19.1 Å². The van der Waals surface area contributed by atoms with Crippen molar-refractivity contribution in [2.75, 3.05) is 12.8 Å². The number of esters is 1. The number of aryl methyl sites for hydroxylation is 1. The summed E-state index contributed by atoms with van der Waals surface area (Å²) in [7, 11) is 1.61. The molecule has 2 N–H and O–H groups in total. The molecule has 0 radical (unpaired) electrons. The van der Waals surface area contributed by atoms with Gasteiger partial charge in [-0.1, -0.05) is 12.1 Å². The summed E-state index contributed by atoms with van der Waals surface area (Å²) in [5.74, 6) is 0.416. The lowest BCUT2D eigenvalue weighted by molar-refractivity contribution is -0.145. The number of methoxy groups -OCH3 is 1. The minimum atomic E-state index is -0.351. The third kappa shape index (κ3) is 3.53. The van der Waals surface area contributed by atoms with E-state index in [1.165, 1.54) is 0 Å². The zero-order valence-corrected chi connectivity index (χ0v) is 12.4. The Balaban J connectivity index is 1.91. The molecular formula is C15H19N3O3. The molecule has 0 saturated heterocycles. The average Bonchev–Trinajstić information content (AvgIpc) is 2.73. The van der Waals surface area contributed by atoms with Crippen LogP contribution in [0.2, 0.25) is 0 Å². The largest absolute Gasteiger partial charge is 0.497 e. The minimum absolute atomic E-state index is 0.0556. The first-order valence-corrected chi connectivity index (χ1v) is 6.59. The van der Waals surface area contributed by atoms with Gasteiger partial charge in [0.05, 0.1) is 24.2 Å². The summed E-state index contributed by atoms with van der Waals surface area (Å²) in [6, 6.07) is 7.36. The third-order valence-corrected chi connectivity index (χ3v) is 3.28. The van der Waals surface area contributed by atoms with Gasteiger partial charge in [0.1, 0.15) is 18.9 Å². The van der Waals surface area contributed by atoms with Crippen molar-refractivity contribution in [3.8, 4) is 5.75 Å². The van der Waals surface area contributed by atoms with Gasteiger partial charge in [0, 0.05) is 0 Å². The fourth-order valence-corrected chi connectivity index (χ4v) is 1.92. The van der Waals surface area contributed by atoms with Crippen molar-refractivity contribution < 1.29 is 14.3 Å². The van der Waals surface area contributed by atoms with Gasteiger partial charge in [0.25, 0.3) is 0 Å². The van der Waals surface area contributed by atoms with E-state index < -0.39 is 0 Å². The maximum absolute atomic E-state index is 11.8. The van der Waals surface area contributed by atoms with Crippen LogP contribution in [0.25, 0.3) is 0 Å². The number of nitrogens with zero attached hydrogens (tertiary/aromatic N) is 2. The molecule has 112 valence electrons. The van der Waals surface area contributed by atoms with Gasteiger partial charge in [-0.15, -0.1) is 0 Å². The number of nitrogen functional groups attached to an aromatic ring is 1. The van der Waals surface area contributed by atoms with Crippen molar-refractivity contribution in [3.63, 3.8) is 0 Å². The number of carbonyl (C=O) groups excluding carboxylic acids is 1. The van der Waals surface area contributed by atoms with Gasteiger partial charge in [0.2, 0.25) is 0 Å². The summed E-state index contributed by atoms with van der Waals surface area (Å²) in [5.41, 5.74) is 8.82. The molecule has 0 saturated carbocycles. The normalized spacial score (nSPS) is 10.4. The Labute approximate surface area is 123 Å². The van der Waals surface area contributed by atoms with Gasteiger partial charge in [-0.2, -0.15) is 5.10 Å². The van der Waals surface area contributed by atoms with E-state index in [0.717, 1.165) is 22.7 Å². The summed E-state index contributed by atoms with van der Waals surface area (Å²) in [5, 5.41) is 4.20. The predicted molar refractivity (Wildman–Crippen MR) is 78.9 cm³/mol. The van der Waals surface area contributed by atoms with Gasteiger partial charge in [-0.3, -0.25) is 9.48 Å². The van der Waals surface area contributed by atoms with Crippen molar-refractivity contribution in [1.29, 1.82) is 0 Å². The second-order valence-electron chi connectivity index (χ2n) is 4.75. The molecular weight excluding hydrogens is 270 g/mol. The summed E-state index contributed by atoms with van der Waals surface area (Å²) in [6.45, 7) is 3.91. The molecule has 0 aliphatic heterocycles. The van der Waals surface area contributed by atoms with Crippen molar-refractivity contribution in [3.05, 3.63) is 41.2 Å². The van der Waals surface area contributed by atoms with Crippen LogP contribution in [0.1, 0.15) is 17.0 Å². The lowest BCUT2D eigenvalue weighted by Crippen LogP contribution is -2.15. The summed E-state index contributed by atoms with van der Waals surface area (Å²) >= 11 is 0. The predicted octanol–water partition coefficient (Wildman–Crippen LogP) is 1.83. The van der Waals surface area contributed by atoms with Crippen LogP contribution in [0.5, 0.6) is 5.75 Å². The minimum Gasteiger partial charge on any atom is -0.497 e. The molecule has 2 aromatic rings. The van der Waals surface area contributed by atoms with Crippen LogP contribution in [0.3, 0.4) is 0 Å². The molecule has 0 aliphatic carbocycles. The molecule has 6 heteroatoms. The van der Waals surface area contributed by atoms with Gasteiger partial charge >= 0.3 is 5.97 Å². The molecule has 0 fully saturated rings. The Kier molecular flexibility index (Phi) is 4.47. The van der Waals surface area contributed by atoms with Crippen molar-refractivity contribution >= 4 is 11.7 Å². The first kappa shape index (κ1) is 14.9. The molecule has 0 unspecified atom stereocenters. The van der Waals surface area contributed by atoms with Crippen LogP contribution in [0.15, 0.2) is 24.3 Å². The molecule has 2 rings (SSSR count). The van der Waals surface area contributed by atoms with Gasteiger partial charge in [-0.05, 0) is 31.5 Å². The van der Waals surface area contributed by atoms with E-state index in [4.69, 9.17) is 15.2 Å². The highest BCUT2D eigenvalue weighted by Gasteiger charge is 2.12. The van der Waals surface area contributed by atoms with Gasteiger partial charge in [-0.25, -0.2) is 0 Å². The standard InChI is InChI=1S/C15H19N3O3/c1-10-15(16)11(2)18(17-10)8-14(19)21-9-12-4-6-13(20-3)7-5-12/h4-7H,8-9,16H2,1-3H3. The Morgan fingerprint density at radius 2 is 1.95 bits per heavy atom. The molecule has 21 heavy (non-hydrogen) atoms. The van der Waals surface area contributed by atoms with Crippen LogP contribution in [0, 0.1) is 13.8 Å². The van der Waals surface area contributed by atoms with Crippen LogP contribution >= 0.6 is 0 Å². The zero-order chi connectivity index (χ0) is 15.4. The molecule has 0 atom stereocenters. The average molecular weight is 289 g/mol. The maximum Gasteiger partial charge on any atom is 0.328 e. The molecule has 6 nitrogen and oxygen atoms in total. The number of aromatic nitrogens is 2. The monoisotopic (exact) mass is 289 g/mol. The number of hydrogen-bond acceptors (Lipinski definition) is 5. The molecule has 0 aliphatic rings. The number of hydrogen-bond donors (Lipinski definition) is 1. The van der Waals surface area contributed by atoms with E-state index >= 15 is 0 Å². The Hall–Kier alpha value is -2.50. The van der Waals surface area contributed by atoms with Crippen molar-refractivity contribution in [2.24, 2.45) is 0 Å². The van der Waals surface area contributed by atoms with E-state index in [1.807, 2.05) is 38.1 Å². The van der Waals surface area contributed by atoms with Crippen LogP contribution < -0.4 is 10.5 Å².